The van der Waals surface area contributed by atoms with Crippen molar-refractivity contribution in [3.63, 3.8) is 0 Å². The van der Waals surface area contributed by atoms with Crippen LogP contribution in [0.2, 0.25) is 0 Å². The Bertz CT molecular complexity index is 406. The first-order chi connectivity index (χ1) is 8.24. The zero-order valence-corrected chi connectivity index (χ0v) is 10.3. The van der Waals surface area contributed by atoms with Crippen LogP contribution in [-0.2, 0) is 4.79 Å². The van der Waals surface area contributed by atoms with Crippen molar-refractivity contribution in [2.45, 2.75) is 13.0 Å². The number of nitrogens with one attached hydrogen (secondary N) is 1. The predicted octanol–water partition coefficient (Wildman–Crippen LogP) is 1.19. The van der Waals surface area contributed by atoms with E-state index in [2.05, 4.69) is 5.32 Å². The number of rotatable bonds is 2. The number of amides is 1. The molecule has 1 aromatic rings. The summed E-state index contributed by atoms with van der Waals surface area (Å²) in [6, 6.07) is 7.94. The first kappa shape index (κ1) is 11.9. The molecule has 4 heteroatoms. The van der Waals surface area contributed by atoms with Crippen molar-refractivity contribution in [2.75, 3.05) is 26.7 Å². The number of hydrogen-bond acceptors (Lipinski definition) is 3. The fourth-order valence-corrected chi connectivity index (χ4v) is 2.30. The molecular formula is C13H18N2O2. The summed E-state index contributed by atoms with van der Waals surface area (Å²) in [5.41, 5.74) is 1.07. The van der Waals surface area contributed by atoms with Gasteiger partial charge in [-0.3, -0.25) is 4.79 Å². The van der Waals surface area contributed by atoms with E-state index in [9.17, 15) is 4.79 Å². The lowest BCUT2D eigenvalue weighted by Crippen LogP contribution is -2.48. The zero-order chi connectivity index (χ0) is 12.3. The number of benzene rings is 1. The highest BCUT2D eigenvalue weighted by Crippen LogP contribution is 2.29. The van der Waals surface area contributed by atoms with Crippen LogP contribution in [0.4, 0.5) is 0 Å². The number of methoxy groups -OCH3 is 1. The van der Waals surface area contributed by atoms with Gasteiger partial charge >= 0.3 is 0 Å². The van der Waals surface area contributed by atoms with Crippen molar-refractivity contribution in [1.82, 2.24) is 10.2 Å². The lowest BCUT2D eigenvalue weighted by Gasteiger charge is -2.36. The molecule has 0 spiro atoms. The lowest BCUT2D eigenvalue weighted by molar-refractivity contribution is -0.132. The number of piperazine rings is 1. The van der Waals surface area contributed by atoms with Crippen molar-refractivity contribution in [1.29, 1.82) is 0 Å². The molecule has 0 bridgehead atoms. The predicted molar refractivity (Wildman–Crippen MR) is 66.0 cm³/mol. The fraction of sp³-hybridized carbons (Fsp3) is 0.462. The van der Waals surface area contributed by atoms with E-state index in [0.717, 1.165) is 30.9 Å². The van der Waals surface area contributed by atoms with Crippen molar-refractivity contribution in [3.8, 4) is 5.75 Å². The fourth-order valence-electron chi connectivity index (χ4n) is 2.30. The molecule has 0 unspecified atom stereocenters. The van der Waals surface area contributed by atoms with Gasteiger partial charge in [-0.1, -0.05) is 18.2 Å². The van der Waals surface area contributed by atoms with Crippen LogP contribution >= 0.6 is 0 Å². The van der Waals surface area contributed by atoms with E-state index in [1.165, 1.54) is 0 Å². The summed E-state index contributed by atoms with van der Waals surface area (Å²) in [7, 11) is 1.66. The van der Waals surface area contributed by atoms with E-state index in [1.54, 1.807) is 14.0 Å². The molecule has 0 saturated carbocycles. The highest BCUT2D eigenvalue weighted by molar-refractivity contribution is 5.74. The Morgan fingerprint density at radius 1 is 1.47 bits per heavy atom. The molecule has 1 amide bonds. The third-order valence-electron chi connectivity index (χ3n) is 3.15. The minimum absolute atomic E-state index is 0.0670. The summed E-state index contributed by atoms with van der Waals surface area (Å²) >= 11 is 0. The molecule has 0 aliphatic carbocycles. The molecule has 1 aliphatic heterocycles. The summed E-state index contributed by atoms with van der Waals surface area (Å²) < 4.78 is 5.36. The van der Waals surface area contributed by atoms with Gasteiger partial charge in [-0.05, 0) is 6.07 Å². The van der Waals surface area contributed by atoms with Crippen LogP contribution in [0.3, 0.4) is 0 Å². The van der Waals surface area contributed by atoms with E-state index in [1.807, 2.05) is 29.2 Å². The van der Waals surface area contributed by atoms with E-state index in [4.69, 9.17) is 4.74 Å². The van der Waals surface area contributed by atoms with Crippen LogP contribution in [0, 0.1) is 0 Å². The summed E-state index contributed by atoms with van der Waals surface area (Å²) in [5, 5.41) is 3.32. The zero-order valence-electron chi connectivity index (χ0n) is 10.3. The highest BCUT2D eigenvalue weighted by Gasteiger charge is 2.27. The van der Waals surface area contributed by atoms with Crippen LogP contribution in [-0.4, -0.2) is 37.6 Å². The number of carbonyl (C=O) groups excluding carboxylic acids is 1. The Kier molecular flexibility index (Phi) is 3.64. The van der Waals surface area contributed by atoms with Gasteiger partial charge < -0.3 is 15.0 Å². The molecule has 0 aromatic heterocycles. The van der Waals surface area contributed by atoms with Crippen molar-refractivity contribution in [3.05, 3.63) is 29.8 Å². The van der Waals surface area contributed by atoms with Crippen LogP contribution in [0.25, 0.3) is 0 Å². The van der Waals surface area contributed by atoms with Crippen molar-refractivity contribution < 1.29 is 9.53 Å². The van der Waals surface area contributed by atoms with Crippen LogP contribution in [0.15, 0.2) is 24.3 Å². The SMILES string of the molecule is COc1ccccc1[C@H]1CNCCN1C(C)=O. The number of carbonyl (C=O) groups is 1. The average molecular weight is 234 g/mol. The van der Waals surface area contributed by atoms with Crippen LogP contribution in [0.1, 0.15) is 18.5 Å². The molecule has 17 heavy (non-hydrogen) atoms. The first-order valence-corrected chi connectivity index (χ1v) is 5.85. The normalized spacial score (nSPS) is 20.1. The highest BCUT2D eigenvalue weighted by atomic mass is 16.5. The second-order valence-electron chi connectivity index (χ2n) is 4.17. The Morgan fingerprint density at radius 3 is 2.94 bits per heavy atom. The maximum Gasteiger partial charge on any atom is 0.220 e. The number of para-hydroxylation sites is 1. The molecule has 92 valence electrons. The Balaban J connectivity index is 2.32. The largest absolute Gasteiger partial charge is 0.496 e. The minimum Gasteiger partial charge on any atom is -0.496 e. The summed E-state index contributed by atoms with van der Waals surface area (Å²) in [4.78, 5) is 13.5. The number of nitrogens with zero attached hydrogens (tertiary/aromatic N) is 1. The number of hydrogen-bond donors (Lipinski definition) is 1. The molecule has 2 rings (SSSR count). The van der Waals surface area contributed by atoms with Crippen molar-refractivity contribution >= 4 is 5.91 Å². The Hall–Kier alpha value is -1.55. The standard InChI is InChI=1S/C13H18N2O2/c1-10(16)15-8-7-14-9-12(15)11-5-3-4-6-13(11)17-2/h3-6,12,14H,7-9H2,1-2H3/t12-/m1/s1. The van der Waals surface area contributed by atoms with Gasteiger partial charge in [0.1, 0.15) is 5.75 Å². The quantitative estimate of drug-likeness (QED) is 0.835. The van der Waals surface area contributed by atoms with Gasteiger partial charge in [0.2, 0.25) is 5.91 Å². The van der Waals surface area contributed by atoms with Gasteiger partial charge in [0.25, 0.3) is 0 Å². The second-order valence-corrected chi connectivity index (χ2v) is 4.17. The van der Waals surface area contributed by atoms with Gasteiger partial charge in [-0.15, -0.1) is 0 Å². The minimum atomic E-state index is 0.0670. The molecule has 4 nitrogen and oxygen atoms in total. The van der Waals surface area contributed by atoms with E-state index < -0.39 is 0 Å². The van der Waals surface area contributed by atoms with Gasteiger partial charge in [-0.2, -0.15) is 0 Å². The average Bonchev–Trinajstić information content (AvgIpc) is 2.38. The second kappa shape index (κ2) is 5.19. The Morgan fingerprint density at radius 2 is 2.24 bits per heavy atom. The molecule has 1 aromatic carbocycles. The third kappa shape index (κ3) is 2.42. The maximum absolute atomic E-state index is 11.6. The first-order valence-electron chi connectivity index (χ1n) is 5.85. The molecule has 1 atom stereocenters. The molecule has 1 heterocycles. The molecule has 1 aliphatic rings. The molecular weight excluding hydrogens is 216 g/mol. The van der Waals surface area contributed by atoms with Gasteiger partial charge in [0.05, 0.1) is 13.2 Å². The van der Waals surface area contributed by atoms with E-state index >= 15 is 0 Å². The summed E-state index contributed by atoms with van der Waals surface area (Å²) in [5.74, 6) is 0.954. The maximum atomic E-state index is 11.6. The van der Waals surface area contributed by atoms with E-state index in [0.29, 0.717) is 0 Å². The topological polar surface area (TPSA) is 41.6 Å². The molecule has 1 saturated heterocycles. The van der Waals surface area contributed by atoms with Crippen molar-refractivity contribution in [2.24, 2.45) is 0 Å². The summed E-state index contributed by atoms with van der Waals surface area (Å²) in [6.07, 6.45) is 0. The van der Waals surface area contributed by atoms with Crippen LogP contribution < -0.4 is 10.1 Å². The van der Waals surface area contributed by atoms with Gasteiger partial charge in [0.15, 0.2) is 0 Å². The smallest absolute Gasteiger partial charge is 0.220 e. The number of ether oxygens (including phenoxy) is 1. The van der Waals surface area contributed by atoms with E-state index in [-0.39, 0.29) is 11.9 Å². The molecule has 1 fully saturated rings. The monoisotopic (exact) mass is 234 g/mol. The van der Waals surface area contributed by atoms with Gasteiger partial charge in [0, 0.05) is 32.1 Å². The van der Waals surface area contributed by atoms with Crippen LogP contribution in [0.5, 0.6) is 5.75 Å². The molecule has 1 N–H and O–H groups in total. The third-order valence-corrected chi connectivity index (χ3v) is 3.15. The summed E-state index contributed by atoms with van der Waals surface area (Å²) in [6.45, 7) is 4.00. The molecule has 0 radical (unpaired) electrons. The van der Waals surface area contributed by atoms with Gasteiger partial charge in [-0.25, -0.2) is 0 Å². The lowest BCUT2D eigenvalue weighted by atomic mass is 10.0. The Labute approximate surface area is 102 Å².